The van der Waals surface area contributed by atoms with Gasteiger partial charge in [0.25, 0.3) is 0 Å². The maximum absolute atomic E-state index is 10.4. The highest BCUT2D eigenvalue weighted by Gasteiger charge is 2.27. The van der Waals surface area contributed by atoms with Crippen molar-refractivity contribution in [2.75, 3.05) is 13.2 Å². The predicted octanol–water partition coefficient (Wildman–Crippen LogP) is 0.472. The van der Waals surface area contributed by atoms with Crippen molar-refractivity contribution in [2.24, 2.45) is 5.41 Å². The van der Waals surface area contributed by atoms with Crippen LogP contribution >= 0.6 is 0 Å². The molecule has 0 spiro atoms. The first-order valence-electron chi connectivity index (χ1n) is 5.03. The van der Waals surface area contributed by atoms with Gasteiger partial charge >= 0.3 is 0 Å². The van der Waals surface area contributed by atoms with Gasteiger partial charge in [-0.15, -0.1) is 0 Å². The molecule has 1 saturated heterocycles. The Morgan fingerprint density at radius 1 is 1.47 bits per heavy atom. The summed E-state index contributed by atoms with van der Waals surface area (Å²) in [6, 6.07) is 0. The molecule has 86 valence electrons. The average molecular weight is 213 g/mol. The molecule has 0 atom stereocenters. The second-order valence-corrected chi connectivity index (χ2v) is 4.65. The number of hydrogen-bond donors (Lipinski definition) is 0. The van der Waals surface area contributed by atoms with E-state index in [1.165, 1.54) is 0 Å². The zero-order chi connectivity index (χ0) is 11.5. The van der Waals surface area contributed by atoms with Gasteiger partial charge in [0.15, 0.2) is 6.29 Å². The van der Waals surface area contributed by atoms with Crippen LogP contribution in [0.2, 0.25) is 0 Å². The quantitative estimate of drug-likeness (QED) is 0.637. The molecule has 15 heavy (non-hydrogen) atoms. The van der Waals surface area contributed by atoms with Crippen LogP contribution in [-0.4, -0.2) is 25.5 Å². The number of hydrogen-bond acceptors (Lipinski definition) is 4. The molecule has 0 aromatic carbocycles. The highest BCUT2D eigenvalue weighted by atomic mass is 16.7. The SMILES string of the molecule is C=C(CCC1OCC(C)(C)CO1)C(=O)[O-]. The predicted molar refractivity (Wildman–Crippen MR) is 52.9 cm³/mol. The van der Waals surface area contributed by atoms with Crippen LogP contribution in [0.15, 0.2) is 12.2 Å². The highest BCUT2D eigenvalue weighted by molar-refractivity contribution is 5.83. The van der Waals surface area contributed by atoms with Gasteiger partial charge in [-0.2, -0.15) is 0 Å². The summed E-state index contributed by atoms with van der Waals surface area (Å²) >= 11 is 0. The van der Waals surface area contributed by atoms with Gasteiger partial charge in [0, 0.05) is 11.8 Å². The molecule has 1 rings (SSSR count). The molecule has 0 aliphatic carbocycles. The van der Waals surface area contributed by atoms with Gasteiger partial charge in [0.05, 0.1) is 19.2 Å². The molecule has 0 N–H and O–H groups in total. The Morgan fingerprint density at radius 2 is 2.00 bits per heavy atom. The molecule has 0 radical (unpaired) electrons. The third-order valence-electron chi connectivity index (χ3n) is 2.29. The summed E-state index contributed by atoms with van der Waals surface area (Å²) in [5, 5.41) is 10.4. The first-order chi connectivity index (χ1) is 6.91. The second-order valence-electron chi connectivity index (χ2n) is 4.65. The molecule has 1 aliphatic rings. The molecule has 4 heteroatoms. The number of carbonyl (C=O) groups excluding carboxylic acids is 1. The van der Waals surface area contributed by atoms with Crippen LogP contribution in [-0.2, 0) is 14.3 Å². The molecule has 1 heterocycles. The molecule has 0 unspecified atom stereocenters. The summed E-state index contributed by atoms with van der Waals surface area (Å²) in [6.45, 7) is 8.78. The zero-order valence-electron chi connectivity index (χ0n) is 9.25. The van der Waals surface area contributed by atoms with E-state index in [9.17, 15) is 9.90 Å². The van der Waals surface area contributed by atoms with Crippen LogP contribution in [0.5, 0.6) is 0 Å². The van der Waals surface area contributed by atoms with E-state index in [1.54, 1.807) is 0 Å². The largest absolute Gasteiger partial charge is 0.545 e. The van der Waals surface area contributed by atoms with Crippen LogP contribution < -0.4 is 5.11 Å². The summed E-state index contributed by atoms with van der Waals surface area (Å²) in [5.41, 5.74) is 0.133. The lowest BCUT2D eigenvalue weighted by Gasteiger charge is -2.34. The Balaban J connectivity index is 2.25. The summed E-state index contributed by atoms with van der Waals surface area (Å²) in [4.78, 5) is 10.4. The summed E-state index contributed by atoms with van der Waals surface area (Å²) in [7, 11) is 0. The molecule has 0 bridgehead atoms. The van der Waals surface area contributed by atoms with E-state index in [0.717, 1.165) is 0 Å². The third-order valence-corrected chi connectivity index (χ3v) is 2.29. The van der Waals surface area contributed by atoms with Crippen molar-refractivity contribution >= 4 is 5.97 Å². The lowest BCUT2D eigenvalue weighted by atomic mass is 9.95. The van der Waals surface area contributed by atoms with Gasteiger partial charge in [0.2, 0.25) is 0 Å². The summed E-state index contributed by atoms with van der Waals surface area (Å²) in [6.07, 6.45) is 0.546. The van der Waals surface area contributed by atoms with Gasteiger partial charge in [-0.25, -0.2) is 0 Å². The third kappa shape index (κ3) is 4.01. The molecular weight excluding hydrogens is 196 g/mol. The molecule has 0 aromatic rings. The van der Waals surface area contributed by atoms with Gasteiger partial charge in [-0.1, -0.05) is 20.4 Å². The van der Waals surface area contributed by atoms with E-state index in [0.29, 0.717) is 26.1 Å². The van der Waals surface area contributed by atoms with Gasteiger partial charge in [0.1, 0.15) is 0 Å². The van der Waals surface area contributed by atoms with Crippen LogP contribution in [0, 0.1) is 5.41 Å². The summed E-state index contributed by atoms with van der Waals surface area (Å²) in [5.74, 6) is -1.20. The lowest BCUT2D eigenvalue weighted by Crippen LogP contribution is -2.38. The number of rotatable bonds is 4. The van der Waals surface area contributed by atoms with Crippen molar-refractivity contribution in [2.45, 2.75) is 33.0 Å². The number of carboxylic acid groups (broad SMARTS) is 1. The molecule has 0 aromatic heterocycles. The van der Waals surface area contributed by atoms with Crippen molar-refractivity contribution in [3.63, 3.8) is 0 Å². The Hall–Kier alpha value is -0.870. The number of aliphatic carboxylic acids is 1. The normalized spacial score (nSPS) is 21.2. The van der Waals surface area contributed by atoms with Gasteiger partial charge in [-0.05, 0) is 12.0 Å². The minimum atomic E-state index is -1.20. The topological polar surface area (TPSA) is 58.6 Å². The minimum absolute atomic E-state index is 0.0435. The minimum Gasteiger partial charge on any atom is -0.545 e. The zero-order valence-corrected chi connectivity index (χ0v) is 9.25. The van der Waals surface area contributed by atoms with Crippen LogP contribution in [0.4, 0.5) is 0 Å². The second kappa shape index (κ2) is 4.77. The Labute approximate surface area is 89.9 Å². The van der Waals surface area contributed by atoms with E-state index in [-0.39, 0.29) is 17.3 Å². The van der Waals surface area contributed by atoms with Crippen molar-refractivity contribution in [3.8, 4) is 0 Å². The van der Waals surface area contributed by atoms with Crippen molar-refractivity contribution < 1.29 is 19.4 Å². The van der Waals surface area contributed by atoms with Gasteiger partial charge < -0.3 is 19.4 Å². The fraction of sp³-hybridized carbons (Fsp3) is 0.727. The lowest BCUT2D eigenvalue weighted by molar-refractivity contribution is -0.299. The van der Waals surface area contributed by atoms with Crippen molar-refractivity contribution in [1.82, 2.24) is 0 Å². The standard InChI is InChI=1S/C11H18O4/c1-8(10(12)13)4-5-9-14-6-11(2,3)7-15-9/h9H,1,4-7H2,2-3H3,(H,12,13)/p-1. The average Bonchev–Trinajstić information content (AvgIpc) is 2.15. The van der Waals surface area contributed by atoms with E-state index < -0.39 is 5.97 Å². The molecular formula is C11H17O4-. The number of carboxylic acids is 1. The van der Waals surface area contributed by atoms with Crippen LogP contribution in [0.25, 0.3) is 0 Å². The molecule has 0 saturated carbocycles. The highest BCUT2D eigenvalue weighted by Crippen LogP contribution is 2.25. The maximum atomic E-state index is 10.4. The maximum Gasteiger partial charge on any atom is 0.157 e. The monoisotopic (exact) mass is 213 g/mol. The molecule has 0 amide bonds. The van der Waals surface area contributed by atoms with Crippen molar-refractivity contribution in [3.05, 3.63) is 12.2 Å². The number of ether oxygens (including phenoxy) is 2. The Kier molecular flexibility index (Phi) is 3.88. The molecule has 1 aliphatic heterocycles. The molecule has 1 fully saturated rings. The van der Waals surface area contributed by atoms with E-state index in [2.05, 4.69) is 20.4 Å². The van der Waals surface area contributed by atoms with E-state index >= 15 is 0 Å². The van der Waals surface area contributed by atoms with E-state index in [4.69, 9.17) is 9.47 Å². The summed E-state index contributed by atoms with van der Waals surface area (Å²) < 4.78 is 10.9. The fourth-order valence-corrected chi connectivity index (χ4v) is 1.29. The van der Waals surface area contributed by atoms with Crippen molar-refractivity contribution in [1.29, 1.82) is 0 Å². The Bertz CT molecular complexity index is 247. The number of carbonyl (C=O) groups is 1. The smallest absolute Gasteiger partial charge is 0.157 e. The Morgan fingerprint density at radius 3 is 2.47 bits per heavy atom. The molecule has 4 nitrogen and oxygen atoms in total. The van der Waals surface area contributed by atoms with Crippen LogP contribution in [0.3, 0.4) is 0 Å². The van der Waals surface area contributed by atoms with E-state index in [1.807, 2.05) is 0 Å². The van der Waals surface area contributed by atoms with Gasteiger partial charge in [-0.3, -0.25) is 0 Å². The first-order valence-corrected chi connectivity index (χ1v) is 5.03. The fourth-order valence-electron chi connectivity index (χ4n) is 1.29. The first kappa shape index (κ1) is 12.2. The van der Waals surface area contributed by atoms with Crippen LogP contribution in [0.1, 0.15) is 26.7 Å².